The summed E-state index contributed by atoms with van der Waals surface area (Å²) in [6.45, 7) is 6.95. The molecule has 7 nitrogen and oxygen atoms in total. The van der Waals surface area contributed by atoms with Crippen LogP contribution in [0.1, 0.15) is 43.2 Å². The fourth-order valence-electron chi connectivity index (χ4n) is 3.96. The molecule has 0 unspecified atom stereocenters. The Bertz CT molecular complexity index is 1240. The highest BCUT2D eigenvalue weighted by Gasteiger charge is 2.32. The second kappa shape index (κ2) is 8.43. The molecule has 1 aromatic carbocycles. The summed E-state index contributed by atoms with van der Waals surface area (Å²) in [5.41, 5.74) is 0.697. The van der Waals surface area contributed by atoms with E-state index in [9.17, 15) is 14.4 Å². The fourth-order valence-corrected chi connectivity index (χ4v) is 5.20. The number of hydrogen-bond acceptors (Lipinski definition) is 5. The maximum atomic E-state index is 13.4. The van der Waals surface area contributed by atoms with E-state index in [2.05, 4.69) is 5.32 Å². The van der Waals surface area contributed by atoms with Crippen molar-refractivity contribution in [2.24, 2.45) is 0 Å². The highest BCUT2D eigenvalue weighted by molar-refractivity contribution is 7.18. The number of hydrogen-bond donors (Lipinski definition) is 1. The molecule has 1 aliphatic heterocycles. The average Bonchev–Trinajstić information content (AvgIpc) is 3.11. The van der Waals surface area contributed by atoms with Crippen molar-refractivity contribution in [3.8, 4) is 0 Å². The molecule has 0 atom stereocenters. The van der Waals surface area contributed by atoms with Gasteiger partial charge in [-0.1, -0.05) is 37.3 Å². The summed E-state index contributed by atoms with van der Waals surface area (Å²) in [6.07, 6.45) is 1.35. The molecule has 3 aromatic rings. The van der Waals surface area contributed by atoms with Gasteiger partial charge in [-0.25, -0.2) is 4.79 Å². The van der Waals surface area contributed by atoms with Gasteiger partial charge in [0.2, 0.25) is 5.91 Å². The van der Waals surface area contributed by atoms with Gasteiger partial charge in [-0.2, -0.15) is 0 Å². The molecule has 1 amide bonds. The van der Waals surface area contributed by atoms with E-state index in [1.165, 1.54) is 11.3 Å². The first kappa shape index (κ1) is 21.5. The lowest BCUT2D eigenvalue weighted by molar-refractivity contribution is -0.121. The van der Waals surface area contributed by atoms with Crippen LogP contribution in [0.3, 0.4) is 0 Å². The Balaban J connectivity index is 1.74. The third-order valence-electron chi connectivity index (χ3n) is 5.52. The molecule has 1 aliphatic rings. The van der Waals surface area contributed by atoms with Crippen molar-refractivity contribution in [3.05, 3.63) is 67.2 Å². The minimum Gasteiger partial charge on any atom is -0.370 e. The fraction of sp³-hybridized carbons (Fsp3) is 0.435. The van der Waals surface area contributed by atoms with Gasteiger partial charge in [0.1, 0.15) is 11.4 Å². The zero-order valence-electron chi connectivity index (χ0n) is 18.1. The molecular weight excluding hydrogens is 414 g/mol. The van der Waals surface area contributed by atoms with Crippen molar-refractivity contribution in [2.45, 2.75) is 65.5 Å². The second-order valence-electron chi connectivity index (χ2n) is 8.50. The lowest BCUT2D eigenvalue weighted by atomic mass is 9.94. The molecule has 0 fully saturated rings. The van der Waals surface area contributed by atoms with Gasteiger partial charge in [-0.05, 0) is 31.4 Å². The van der Waals surface area contributed by atoms with Crippen molar-refractivity contribution in [1.29, 1.82) is 0 Å². The first-order chi connectivity index (χ1) is 14.8. The van der Waals surface area contributed by atoms with Crippen LogP contribution < -0.4 is 16.6 Å². The lowest BCUT2D eigenvalue weighted by Crippen LogP contribution is -2.44. The van der Waals surface area contributed by atoms with Gasteiger partial charge in [-0.3, -0.25) is 18.7 Å². The largest absolute Gasteiger partial charge is 0.370 e. The number of nitrogens with one attached hydrogen (secondary N) is 1. The number of benzene rings is 1. The number of carbonyl (C=O) groups is 1. The van der Waals surface area contributed by atoms with Crippen molar-refractivity contribution in [2.75, 3.05) is 0 Å². The van der Waals surface area contributed by atoms with E-state index in [-0.39, 0.29) is 18.1 Å². The first-order valence-corrected chi connectivity index (χ1v) is 11.3. The molecule has 0 bridgehead atoms. The van der Waals surface area contributed by atoms with Crippen molar-refractivity contribution >= 4 is 27.5 Å². The minimum absolute atomic E-state index is 0.297. The summed E-state index contributed by atoms with van der Waals surface area (Å²) < 4.78 is 8.62. The maximum absolute atomic E-state index is 13.4. The van der Waals surface area contributed by atoms with Crippen LogP contribution in [0.5, 0.6) is 0 Å². The molecule has 8 heteroatoms. The van der Waals surface area contributed by atoms with E-state index in [0.717, 1.165) is 27.0 Å². The van der Waals surface area contributed by atoms with Crippen molar-refractivity contribution < 1.29 is 9.53 Å². The van der Waals surface area contributed by atoms with Crippen molar-refractivity contribution in [3.63, 3.8) is 0 Å². The van der Waals surface area contributed by atoms with Gasteiger partial charge in [0, 0.05) is 24.4 Å². The van der Waals surface area contributed by atoms with Gasteiger partial charge in [-0.15, -0.1) is 11.3 Å². The zero-order chi connectivity index (χ0) is 22.2. The standard InChI is InChI=1S/C23H27N3O4S/c1-4-10-25-21-19(16-11-23(2,3)30-14-17(16)31-21)20(28)26(22(25)29)13-18(27)24-12-15-8-6-5-7-9-15/h5-9H,4,10-14H2,1-3H3,(H,24,27). The third kappa shape index (κ3) is 4.22. The SMILES string of the molecule is CCCn1c(=O)n(CC(=O)NCc2ccccc2)c(=O)c2c3c(sc21)COC(C)(C)C3. The number of ether oxygens (including phenoxy) is 1. The summed E-state index contributed by atoms with van der Waals surface area (Å²) in [6, 6.07) is 9.52. The Labute approximate surface area is 184 Å². The summed E-state index contributed by atoms with van der Waals surface area (Å²) in [7, 11) is 0. The van der Waals surface area contributed by atoms with Crippen LogP contribution in [0.15, 0.2) is 39.9 Å². The van der Waals surface area contributed by atoms with Crippen LogP contribution in [0.25, 0.3) is 10.2 Å². The monoisotopic (exact) mass is 441 g/mol. The number of amides is 1. The Kier molecular flexibility index (Phi) is 5.85. The molecule has 0 saturated carbocycles. The van der Waals surface area contributed by atoms with E-state index in [0.29, 0.717) is 36.3 Å². The van der Waals surface area contributed by atoms with E-state index in [1.807, 2.05) is 51.1 Å². The van der Waals surface area contributed by atoms with Crippen LogP contribution in [-0.4, -0.2) is 20.6 Å². The highest BCUT2D eigenvalue weighted by atomic mass is 32.1. The number of fused-ring (bicyclic) bond motifs is 3. The number of carbonyl (C=O) groups excluding carboxylic acids is 1. The first-order valence-electron chi connectivity index (χ1n) is 10.5. The van der Waals surface area contributed by atoms with E-state index in [4.69, 9.17) is 4.74 Å². The average molecular weight is 442 g/mol. The topological polar surface area (TPSA) is 82.3 Å². The minimum atomic E-state index is -0.437. The van der Waals surface area contributed by atoms with Crippen molar-refractivity contribution in [1.82, 2.24) is 14.5 Å². The van der Waals surface area contributed by atoms with Gasteiger partial charge >= 0.3 is 5.69 Å². The molecule has 2 aromatic heterocycles. The molecule has 4 rings (SSSR count). The number of thiophene rings is 1. The van der Waals surface area contributed by atoms with E-state index in [1.54, 1.807) is 4.57 Å². The Morgan fingerprint density at radius 1 is 1.19 bits per heavy atom. The maximum Gasteiger partial charge on any atom is 0.332 e. The summed E-state index contributed by atoms with van der Waals surface area (Å²) in [5, 5.41) is 3.36. The van der Waals surface area contributed by atoms with Crippen LogP contribution in [0, 0.1) is 0 Å². The smallest absolute Gasteiger partial charge is 0.332 e. The third-order valence-corrected chi connectivity index (χ3v) is 6.74. The van der Waals surface area contributed by atoms with Crippen LogP contribution >= 0.6 is 11.3 Å². The van der Waals surface area contributed by atoms with E-state index >= 15 is 0 Å². The van der Waals surface area contributed by atoms with Gasteiger partial charge < -0.3 is 10.1 Å². The Morgan fingerprint density at radius 2 is 1.94 bits per heavy atom. The van der Waals surface area contributed by atoms with Gasteiger partial charge in [0.25, 0.3) is 5.56 Å². The summed E-state index contributed by atoms with van der Waals surface area (Å²) >= 11 is 1.45. The Hall–Kier alpha value is -2.71. The molecule has 0 radical (unpaired) electrons. The molecular formula is C23H27N3O4S. The highest BCUT2D eigenvalue weighted by Crippen LogP contribution is 2.37. The van der Waals surface area contributed by atoms with Gasteiger partial charge in [0.15, 0.2) is 0 Å². The lowest BCUT2D eigenvalue weighted by Gasteiger charge is -2.29. The summed E-state index contributed by atoms with van der Waals surface area (Å²) in [5.74, 6) is -0.363. The number of aromatic nitrogens is 2. The number of rotatable bonds is 6. The predicted molar refractivity (Wildman–Crippen MR) is 121 cm³/mol. The molecule has 0 aliphatic carbocycles. The molecule has 164 valence electrons. The molecule has 3 heterocycles. The summed E-state index contributed by atoms with van der Waals surface area (Å²) in [4.78, 5) is 40.8. The van der Waals surface area contributed by atoms with Crippen LogP contribution in [-0.2, 0) is 42.2 Å². The Morgan fingerprint density at radius 3 is 2.65 bits per heavy atom. The van der Waals surface area contributed by atoms with Gasteiger partial charge in [0.05, 0.1) is 17.6 Å². The predicted octanol–water partition coefficient (Wildman–Crippen LogP) is 2.80. The second-order valence-corrected chi connectivity index (χ2v) is 9.58. The molecule has 31 heavy (non-hydrogen) atoms. The normalized spacial score (nSPS) is 15.1. The molecule has 0 saturated heterocycles. The quantitative estimate of drug-likeness (QED) is 0.638. The zero-order valence-corrected chi connectivity index (χ0v) is 18.9. The molecule has 1 N–H and O–H groups in total. The molecule has 0 spiro atoms. The van der Waals surface area contributed by atoms with Crippen LogP contribution in [0.2, 0.25) is 0 Å². The number of aryl methyl sites for hydroxylation is 1. The van der Waals surface area contributed by atoms with E-state index < -0.39 is 11.2 Å². The number of nitrogens with zero attached hydrogens (tertiary/aromatic N) is 2. The van der Waals surface area contributed by atoms with Crippen LogP contribution in [0.4, 0.5) is 0 Å².